The standard InChI is InChI=1S/C13H20N4/c1-17-6-3-10(4-7-17)13-15-9-11-8-14-5-2-12(11)16-13/h9-10,14H,2-8H2,1H3. The van der Waals surface area contributed by atoms with Gasteiger partial charge in [0.1, 0.15) is 5.82 Å². The van der Waals surface area contributed by atoms with E-state index in [9.17, 15) is 0 Å². The van der Waals surface area contributed by atoms with Crippen LogP contribution in [0.2, 0.25) is 0 Å². The van der Waals surface area contributed by atoms with E-state index < -0.39 is 0 Å². The Morgan fingerprint density at radius 1 is 1.35 bits per heavy atom. The molecule has 0 spiro atoms. The van der Waals surface area contributed by atoms with Crippen molar-refractivity contribution in [2.24, 2.45) is 0 Å². The van der Waals surface area contributed by atoms with Crippen molar-refractivity contribution < 1.29 is 0 Å². The summed E-state index contributed by atoms with van der Waals surface area (Å²) in [6.07, 6.45) is 5.49. The molecule has 0 amide bonds. The van der Waals surface area contributed by atoms with Crippen LogP contribution in [0.4, 0.5) is 0 Å². The van der Waals surface area contributed by atoms with E-state index in [1.807, 2.05) is 6.20 Å². The Morgan fingerprint density at radius 3 is 3.00 bits per heavy atom. The van der Waals surface area contributed by atoms with Crippen LogP contribution in [-0.2, 0) is 13.0 Å². The maximum atomic E-state index is 4.79. The van der Waals surface area contributed by atoms with Crippen LogP contribution in [0.1, 0.15) is 35.8 Å². The van der Waals surface area contributed by atoms with Gasteiger partial charge in [-0.15, -0.1) is 0 Å². The molecular weight excluding hydrogens is 212 g/mol. The summed E-state index contributed by atoms with van der Waals surface area (Å²) in [5.41, 5.74) is 2.56. The lowest BCUT2D eigenvalue weighted by molar-refractivity contribution is 0.251. The molecule has 1 aromatic rings. The third-order valence-electron chi connectivity index (χ3n) is 3.91. The minimum atomic E-state index is 0.575. The zero-order chi connectivity index (χ0) is 11.7. The Bertz CT molecular complexity index is 396. The molecule has 1 fully saturated rings. The topological polar surface area (TPSA) is 41.1 Å². The zero-order valence-electron chi connectivity index (χ0n) is 10.4. The molecule has 0 unspecified atom stereocenters. The largest absolute Gasteiger partial charge is 0.312 e. The van der Waals surface area contributed by atoms with Crippen LogP contribution in [-0.4, -0.2) is 41.5 Å². The lowest BCUT2D eigenvalue weighted by Crippen LogP contribution is -2.31. The Labute approximate surface area is 102 Å². The maximum Gasteiger partial charge on any atom is 0.131 e. The van der Waals surface area contributed by atoms with Gasteiger partial charge in [0.2, 0.25) is 0 Å². The quantitative estimate of drug-likeness (QED) is 0.782. The molecule has 0 bridgehead atoms. The number of aromatic nitrogens is 2. The van der Waals surface area contributed by atoms with E-state index in [4.69, 9.17) is 4.98 Å². The molecule has 4 nitrogen and oxygen atoms in total. The molecule has 1 aromatic heterocycles. The number of fused-ring (bicyclic) bond motifs is 1. The van der Waals surface area contributed by atoms with E-state index in [0.717, 1.165) is 25.3 Å². The second kappa shape index (κ2) is 4.70. The molecule has 3 heterocycles. The molecule has 2 aliphatic heterocycles. The highest BCUT2D eigenvalue weighted by Crippen LogP contribution is 2.25. The van der Waals surface area contributed by atoms with Crippen molar-refractivity contribution in [3.8, 4) is 0 Å². The Balaban J connectivity index is 1.79. The summed E-state index contributed by atoms with van der Waals surface area (Å²) in [6, 6.07) is 0. The molecular formula is C13H20N4. The molecule has 0 saturated carbocycles. The van der Waals surface area contributed by atoms with Crippen LogP contribution in [0.15, 0.2) is 6.20 Å². The van der Waals surface area contributed by atoms with Gasteiger partial charge in [-0.05, 0) is 33.0 Å². The molecule has 0 aromatic carbocycles. The number of hydrogen-bond acceptors (Lipinski definition) is 4. The number of likely N-dealkylation sites (tertiary alicyclic amines) is 1. The minimum Gasteiger partial charge on any atom is -0.312 e. The van der Waals surface area contributed by atoms with Gasteiger partial charge in [0, 0.05) is 42.9 Å². The normalized spacial score (nSPS) is 22.4. The van der Waals surface area contributed by atoms with Crippen molar-refractivity contribution in [3.05, 3.63) is 23.3 Å². The first-order chi connectivity index (χ1) is 8.33. The number of nitrogens with one attached hydrogen (secondary N) is 1. The van der Waals surface area contributed by atoms with Gasteiger partial charge in [-0.25, -0.2) is 9.97 Å². The summed E-state index contributed by atoms with van der Waals surface area (Å²) >= 11 is 0. The zero-order valence-corrected chi connectivity index (χ0v) is 10.4. The molecule has 3 rings (SSSR count). The molecule has 0 radical (unpaired) electrons. The number of piperidine rings is 1. The molecule has 1 saturated heterocycles. The van der Waals surface area contributed by atoms with E-state index >= 15 is 0 Å². The van der Waals surface area contributed by atoms with Gasteiger partial charge in [-0.1, -0.05) is 0 Å². The monoisotopic (exact) mass is 232 g/mol. The smallest absolute Gasteiger partial charge is 0.131 e. The lowest BCUT2D eigenvalue weighted by Gasteiger charge is -2.28. The summed E-state index contributed by atoms with van der Waals surface area (Å²) in [6.45, 7) is 4.33. The van der Waals surface area contributed by atoms with Crippen molar-refractivity contribution in [3.63, 3.8) is 0 Å². The summed E-state index contributed by atoms with van der Waals surface area (Å²) < 4.78 is 0. The third-order valence-corrected chi connectivity index (χ3v) is 3.91. The fraction of sp³-hybridized carbons (Fsp3) is 0.692. The predicted molar refractivity (Wildman–Crippen MR) is 66.9 cm³/mol. The summed E-state index contributed by atoms with van der Waals surface area (Å²) in [5.74, 6) is 1.66. The van der Waals surface area contributed by atoms with E-state index in [1.165, 1.54) is 37.2 Å². The molecule has 92 valence electrons. The van der Waals surface area contributed by atoms with Gasteiger partial charge in [0.15, 0.2) is 0 Å². The Morgan fingerprint density at radius 2 is 2.18 bits per heavy atom. The van der Waals surface area contributed by atoms with Crippen LogP contribution < -0.4 is 5.32 Å². The van der Waals surface area contributed by atoms with Gasteiger partial charge >= 0.3 is 0 Å². The SMILES string of the molecule is CN1CCC(c2ncc3c(n2)CCNC3)CC1. The molecule has 0 aliphatic carbocycles. The second-order valence-corrected chi connectivity index (χ2v) is 5.20. The van der Waals surface area contributed by atoms with Gasteiger partial charge in [0.25, 0.3) is 0 Å². The maximum absolute atomic E-state index is 4.79. The number of hydrogen-bond donors (Lipinski definition) is 1. The van der Waals surface area contributed by atoms with Crippen molar-refractivity contribution in [1.29, 1.82) is 0 Å². The first-order valence-corrected chi connectivity index (χ1v) is 6.57. The Kier molecular flexibility index (Phi) is 3.07. The van der Waals surface area contributed by atoms with Crippen molar-refractivity contribution in [1.82, 2.24) is 20.2 Å². The van der Waals surface area contributed by atoms with Crippen LogP contribution in [0.25, 0.3) is 0 Å². The van der Waals surface area contributed by atoms with Crippen molar-refractivity contribution in [2.45, 2.75) is 31.7 Å². The highest BCUT2D eigenvalue weighted by Gasteiger charge is 2.22. The lowest BCUT2D eigenvalue weighted by atomic mass is 9.96. The number of nitrogens with zero attached hydrogens (tertiary/aromatic N) is 3. The van der Waals surface area contributed by atoms with Gasteiger partial charge in [0.05, 0.1) is 0 Å². The highest BCUT2D eigenvalue weighted by atomic mass is 15.1. The second-order valence-electron chi connectivity index (χ2n) is 5.20. The summed E-state index contributed by atoms with van der Waals surface area (Å²) in [7, 11) is 2.19. The fourth-order valence-corrected chi connectivity index (χ4v) is 2.71. The molecule has 0 atom stereocenters. The van der Waals surface area contributed by atoms with Crippen LogP contribution in [0.3, 0.4) is 0 Å². The summed E-state index contributed by atoms with van der Waals surface area (Å²) in [4.78, 5) is 11.8. The summed E-state index contributed by atoms with van der Waals surface area (Å²) in [5, 5.41) is 3.36. The molecule has 17 heavy (non-hydrogen) atoms. The van der Waals surface area contributed by atoms with Gasteiger partial charge < -0.3 is 10.2 Å². The predicted octanol–water partition coefficient (Wildman–Crippen LogP) is 0.931. The molecule has 2 aliphatic rings. The van der Waals surface area contributed by atoms with Crippen LogP contribution in [0, 0.1) is 0 Å². The average Bonchev–Trinajstić information content (AvgIpc) is 2.39. The van der Waals surface area contributed by atoms with Gasteiger partial charge in [-0.3, -0.25) is 0 Å². The fourth-order valence-electron chi connectivity index (χ4n) is 2.71. The number of rotatable bonds is 1. The van der Waals surface area contributed by atoms with Crippen LogP contribution in [0.5, 0.6) is 0 Å². The molecule has 4 heteroatoms. The third kappa shape index (κ3) is 2.33. The molecule has 1 N–H and O–H groups in total. The van der Waals surface area contributed by atoms with E-state index in [2.05, 4.69) is 22.2 Å². The Hall–Kier alpha value is -1.00. The van der Waals surface area contributed by atoms with Crippen LogP contribution >= 0.6 is 0 Å². The highest BCUT2D eigenvalue weighted by molar-refractivity contribution is 5.21. The van der Waals surface area contributed by atoms with Gasteiger partial charge in [-0.2, -0.15) is 0 Å². The minimum absolute atomic E-state index is 0.575. The first kappa shape index (κ1) is 11.1. The van der Waals surface area contributed by atoms with Crippen molar-refractivity contribution >= 4 is 0 Å². The van der Waals surface area contributed by atoms with Crippen molar-refractivity contribution in [2.75, 3.05) is 26.7 Å². The van der Waals surface area contributed by atoms with E-state index in [0.29, 0.717) is 5.92 Å². The average molecular weight is 232 g/mol. The first-order valence-electron chi connectivity index (χ1n) is 6.57. The van der Waals surface area contributed by atoms with E-state index in [1.54, 1.807) is 0 Å². The van der Waals surface area contributed by atoms with E-state index in [-0.39, 0.29) is 0 Å².